The molecule has 0 amide bonds. The molecule has 0 rings (SSSR count). The Kier molecular flexibility index (Phi) is 10.6. The van der Waals surface area contributed by atoms with Crippen LogP contribution in [0.15, 0.2) is 11.6 Å². The summed E-state index contributed by atoms with van der Waals surface area (Å²) in [6, 6.07) is 0. The lowest BCUT2D eigenvalue weighted by Gasteiger charge is -2.02. The molecule has 14 heavy (non-hydrogen) atoms. The smallest absolute Gasteiger partial charge is 0.0323 e. The molecule has 0 aliphatic carbocycles. The van der Waals surface area contributed by atoms with E-state index in [2.05, 4.69) is 26.8 Å². The van der Waals surface area contributed by atoms with E-state index in [-0.39, 0.29) is 0 Å². The lowest BCUT2D eigenvalue weighted by Crippen LogP contribution is -1.82. The molecule has 0 aromatic rings. The molecule has 0 N–H and O–H groups in total. The van der Waals surface area contributed by atoms with Gasteiger partial charge in [0.1, 0.15) is 0 Å². The lowest BCUT2D eigenvalue weighted by molar-refractivity contribution is 0.635. The van der Waals surface area contributed by atoms with Crippen LogP contribution in [0.1, 0.15) is 78.6 Å². The predicted octanol–water partition coefficient (Wildman–Crippen LogP) is 5.48. The SMILES string of the molecule is CCCCCCCC=C(CC)CCC. The molecule has 84 valence electrons. The van der Waals surface area contributed by atoms with E-state index in [9.17, 15) is 0 Å². The van der Waals surface area contributed by atoms with Crippen molar-refractivity contribution >= 4 is 0 Å². The van der Waals surface area contributed by atoms with E-state index in [1.165, 1.54) is 57.8 Å². The van der Waals surface area contributed by atoms with Gasteiger partial charge in [0.15, 0.2) is 0 Å². The summed E-state index contributed by atoms with van der Waals surface area (Å²) in [6.45, 7) is 6.82. The van der Waals surface area contributed by atoms with Crippen molar-refractivity contribution in [3.8, 4) is 0 Å². The first kappa shape index (κ1) is 13.7. The molecule has 0 nitrogen and oxygen atoms in total. The van der Waals surface area contributed by atoms with Crippen molar-refractivity contribution in [1.82, 2.24) is 0 Å². The van der Waals surface area contributed by atoms with Crippen molar-refractivity contribution in [1.29, 1.82) is 0 Å². The standard InChI is InChI=1S/C14H28/c1-4-7-8-9-10-11-13-14(6-3)12-5-2/h13H,4-12H2,1-3H3. The van der Waals surface area contributed by atoms with Crippen LogP contribution in [0.25, 0.3) is 0 Å². The summed E-state index contributed by atoms with van der Waals surface area (Å²) >= 11 is 0. The van der Waals surface area contributed by atoms with Crippen LogP contribution in [-0.4, -0.2) is 0 Å². The molecular weight excluding hydrogens is 168 g/mol. The summed E-state index contributed by atoms with van der Waals surface area (Å²) in [5.74, 6) is 0. The zero-order valence-electron chi connectivity index (χ0n) is 10.4. The highest BCUT2D eigenvalue weighted by Gasteiger charge is 1.92. The molecule has 0 aromatic carbocycles. The normalized spacial score (nSPS) is 12.1. The third kappa shape index (κ3) is 8.34. The zero-order valence-corrected chi connectivity index (χ0v) is 10.4. The number of hydrogen-bond acceptors (Lipinski definition) is 0. The largest absolute Gasteiger partial charge is 0.0853 e. The molecular formula is C14H28. The zero-order chi connectivity index (χ0) is 10.6. The Balaban J connectivity index is 3.38. The highest BCUT2D eigenvalue weighted by Crippen LogP contribution is 2.12. The highest BCUT2D eigenvalue weighted by molar-refractivity contribution is 5.00. The molecule has 0 aromatic heterocycles. The van der Waals surface area contributed by atoms with Crippen molar-refractivity contribution < 1.29 is 0 Å². The van der Waals surface area contributed by atoms with Gasteiger partial charge in [-0.05, 0) is 25.7 Å². The van der Waals surface area contributed by atoms with Gasteiger partial charge in [-0.15, -0.1) is 0 Å². The molecule has 0 unspecified atom stereocenters. The minimum Gasteiger partial charge on any atom is -0.0853 e. The molecule has 0 spiro atoms. The van der Waals surface area contributed by atoms with Crippen LogP contribution in [0.3, 0.4) is 0 Å². The maximum absolute atomic E-state index is 2.48. The topological polar surface area (TPSA) is 0 Å². The summed E-state index contributed by atoms with van der Waals surface area (Å²) in [4.78, 5) is 0. The highest BCUT2D eigenvalue weighted by atomic mass is 14.0. The number of unbranched alkanes of at least 4 members (excludes halogenated alkanes) is 5. The Labute approximate surface area is 90.8 Å². The average Bonchev–Trinajstić information content (AvgIpc) is 2.21. The molecule has 0 atom stereocenters. The average molecular weight is 196 g/mol. The van der Waals surface area contributed by atoms with E-state index < -0.39 is 0 Å². The summed E-state index contributed by atoms with van der Waals surface area (Å²) in [5.41, 5.74) is 1.67. The second-order valence-electron chi connectivity index (χ2n) is 4.17. The van der Waals surface area contributed by atoms with Gasteiger partial charge in [-0.3, -0.25) is 0 Å². The molecule has 0 saturated carbocycles. The van der Waals surface area contributed by atoms with E-state index in [1.54, 1.807) is 5.57 Å². The molecule has 0 bridgehead atoms. The van der Waals surface area contributed by atoms with E-state index >= 15 is 0 Å². The molecule has 0 aliphatic heterocycles. The van der Waals surface area contributed by atoms with Crippen LogP contribution in [0.5, 0.6) is 0 Å². The minimum absolute atomic E-state index is 1.25. The van der Waals surface area contributed by atoms with Crippen LogP contribution >= 0.6 is 0 Å². The van der Waals surface area contributed by atoms with Gasteiger partial charge in [-0.2, -0.15) is 0 Å². The van der Waals surface area contributed by atoms with Gasteiger partial charge in [0.05, 0.1) is 0 Å². The summed E-state index contributed by atoms with van der Waals surface area (Å²) in [5, 5.41) is 0. The Morgan fingerprint density at radius 2 is 1.57 bits per heavy atom. The predicted molar refractivity (Wildman–Crippen MR) is 66.7 cm³/mol. The van der Waals surface area contributed by atoms with Crippen LogP contribution in [0, 0.1) is 0 Å². The third-order valence-corrected chi connectivity index (χ3v) is 2.77. The molecule has 0 fully saturated rings. The molecule has 0 saturated heterocycles. The van der Waals surface area contributed by atoms with Gasteiger partial charge in [0.25, 0.3) is 0 Å². The maximum Gasteiger partial charge on any atom is -0.0323 e. The first-order chi connectivity index (χ1) is 6.85. The van der Waals surface area contributed by atoms with Gasteiger partial charge in [0, 0.05) is 0 Å². The second-order valence-corrected chi connectivity index (χ2v) is 4.17. The van der Waals surface area contributed by atoms with Gasteiger partial charge in [0.2, 0.25) is 0 Å². The lowest BCUT2D eigenvalue weighted by atomic mass is 10.0. The van der Waals surface area contributed by atoms with Crippen molar-refractivity contribution in [3.63, 3.8) is 0 Å². The van der Waals surface area contributed by atoms with Crippen LogP contribution in [0.4, 0.5) is 0 Å². The second kappa shape index (κ2) is 10.8. The van der Waals surface area contributed by atoms with E-state index in [4.69, 9.17) is 0 Å². The van der Waals surface area contributed by atoms with Gasteiger partial charge >= 0.3 is 0 Å². The summed E-state index contributed by atoms with van der Waals surface area (Å²) in [7, 11) is 0. The number of allylic oxidation sites excluding steroid dienone is 2. The van der Waals surface area contributed by atoms with Crippen LogP contribution < -0.4 is 0 Å². The quantitative estimate of drug-likeness (QED) is 0.338. The van der Waals surface area contributed by atoms with Crippen LogP contribution in [0.2, 0.25) is 0 Å². The minimum atomic E-state index is 1.25. The van der Waals surface area contributed by atoms with E-state index in [0.717, 1.165) is 0 Å². The van der Waals surface area contributed by atoms with Gasteiger partial charge < -0.3 is 0 Å². The Morgan fingerprint density at radius 3 is 2.14 bits per heavy atom. The molecule has 0 heteroatoms. The first-order valence-electron chi connectivity index (χ1n) is 6.53. The van der Waals surface area contributed by atoms with Crippen molar-refractivity contribution in [2.75, 3.05) is 0 Å². The molecule has 0 radical (unpaired) electrons. The van der Waals surface area contributed by atoms with E-state index in [1.807, 2.05) is 0 Å². The Morgan fingerprint density at radius 1 is 0.857 bits per heavy atom. The first-order valence-corrected chi connectivity index (χ1v) is 6.53. The van der Waals surface area contributed by atoms with Crippen molar-refractivity contribution in [3.05, 3.63) is 11.6 Å². The van der Waals surface area contributed by atoms with Gasteiger partial charge in [-0.1, -0.05) is 64.5 Å². The van der Waals surface area contributed by atoms with Crippen LogP contribution in [-0.2, 0) is 0 Å². The van der Waals surface area contributed by atoms with Crippen molar-refractivity contribution in [2.24, 2.45) is 0 Å². The van der Waals surface area contributed by atoms with Gasteiger partial charge in [-0.25, -0.2) is 0 Å². The number of rotatable bonds is 9. The third-order valence-electron chi connectivity index (χ3n) is 2.77. The summed E-state index contributed by atoms with van der Waals surface area (Å²) in [6.07, 6.45) is 14.7. The molecule has 0 heterocycles. The monoisotopic (exact) mass is 196 g/mol. The molecule has 0 aliphatic rings. The maximum atomic E-state index is 2.48. The fourth-order valence-electron chi connectivity index (χ4n) is 1.80. The Hall–Kier alpha value is -0.260. The summed E-state index contributed by atoms with van der Waals surface area (Å²) < 4.78 is 0. The van der Waals surface area contributed by atoms with E-state index in [0.29, 0.717) is 0 Å². The Bertz CT molecular complexity index is 133. The fourth-order valence-corrected chi connectivity index (χ4v) is 1.80. The van der Waals surface area contributed by atoms with Crippen molar-refractivity contribution in [2.45, 2.75) is 78.6 Å². The fraction of sp³-hybridized carbons (Fsp3) is 0.857. The number of hydrogen-bond donors (Lipinski definition) is 0.